The van der Waals surface area contributed by atoms with Gasteiger partial charge in [0.05, 0.1) is 0 Å². The molecule has 0 unspecified atom stereocenters. The molecule has 0 bridgehead atoms. The first kappa shape index (κ1) is 6.74. The van der Waals surface area contributed by atoms with Crippen LogP contribution in [-0.4, -0.2) is 11.1 Å². The van der Waals surface area contributed by atoms with Gasteiger partial charge in [0.2, 0.25) is 0 Å². The van der Waals surface area contributed by atoms with Gasteiger partial charge < -0.3 is 5.11 Å². The third kappa shape index (κ3) is 1.31. The fraction of sp³-hybridized carbons (Fsp3) is 0.143. The molecule has 1 aromatic carbocycles. The van der Waals surface area contributed by atoms with Gasteiger partial charge in [0.15, 0.2) is 5.43 Å². The van der Waals surface area contributed by atoms with Crippen LogP contribution in [0.15, 0.2) is 16.4 Å². The predicted molar refractivity (Wildman–Crippen MR) is 36.4 cm³/mol. The zero-order valence-corrected chi connectivity index (χ0v) is 5.42. The number of carboxylic acids is 1. The van der Waals surface area contributed by atoms with E-state index in [1.54, 1.807) is 0 Å². The van der Waals surface area contributed by atoms with E-state index in [4.69, 9.17) is 5.11 Å². The van der Waals surface area contributed by atoms with Gasteiger partial charge in [-0.25, -0.2) is 4.79 Å². The summed E-state index contributed by atoms with van der Waals surface area (Å²) in [6, 6.07) is 1.40. The molecule has 1 N–H and O–H groups in total. The van der Waals surface area contributed by atoms with Crippen molar-refractivity contribution in [1.82, 2.24) is 0 Å². The Morgan fingerprint density at radius 2 is 2.20 bits per heavy atom. The quantitative estimate of drug-likeness (QED) is 0.602. The molecule has 1 aromatic rings. The van der Waals surface area contributed by atoms with E-state index < -0.39 is 5.97 Å². The molecule has 0 aliphatic carbocycles. The van der Waals surface area contributed by atoms with Crippen LogP contribution in [0.3, 0.4) is 0 Å². The molecule has 0 atom stereocenters. The Kier molecular flexibility index (Phi) is 1.41. The molecule has 0 saturated heterocycles. The summed E-state index contributed by atoms with van der Waals surface area (Å²) < 4.78 is 0. The highest BCUT2D eigenvalue weighted by molar-refractivity contribution is 5.91. The van der Waals surface area contributed by atoms with Gasteiger partial charge in [0.25, 0.3) is 0 Å². The van der Waals surface area contributed by atoms with Crippen LogP contribution in [-0.2, 0) is 4.79 Å². The highest BCUT2D eigenvalue weighted by atomic mass is 16.4. The van der Waals surface area contributed by atoms with Crippen LogP contribution in [0.2, 0.25) is 0 Å². The fourth-order valence-electron chi connectivity index (χ4n) is 0.513. The van der Waals surface area contributed by atoms with E-state index in [0.717, 1.165) is 0 Å². The van der Waals surface area contributed by atoms with Crippen molar-refractivity contribution in [2.75, 3.05) is 0 Å². The number of carbonyl (C=O) groups is 1. The van der Waals surface area contributed by atoms with Crippen LogP contribution in [0.25, 0.3) is 6.08 Å². The van der Waals surface area contributed by atoms with Crippen molar-refractivity contribution < 1.29 is 9.90 Å². The summed E-state index contributed by atoms with van der Waals surface area (Å²) in [5.74, 6) is -0.986. The van der Waals surface area contributed by atoms with Crippen molar-refractivity contribution in [3.05, 3.63) is 27.4 Å². The molecule has 3 nitrogen and oxygen atoms in total. The number of aliphatic carboxylic acids is 1. The SMILES string of the molecule is CC(=Cc1cc1=O)C(=O)O. The minimum atomic E-state index is -0.986. The lowest BCUT2D eigenvalue weighted by atomic mass is 10.3. The zero-order chi connectivity index (χ0) is 7.72. The van der Waals surface area contributed by atoms with Gasteiger partial charge in [-0.2, -0.15) is 0 Å². The number of hydrogen-bond acceptors (Lipinski definition) is 2. The molecule has 0 amide bonds. The lowest BCUT2D eigenvalue weighted by Crippen LogP contribution is -1.94. The summed E-state index contributed by atoms with van der Waals surface area (Å²) in [6.45, 7) is 1.45. The van der Waals surface area contributed by atoms with Crippen molar-refractivity contribution in [3.8, 4) is 0 Å². The largest absolute Gasteiger partial charge is 0.478 e. The number of carboxylic acid groups (broad SMARTS) is 1. The Bertz CT molecular complexity index is 300. The second-order valence-corrected chi connectivity index (χ2v) is 2.10. The molecule has 1 rings (SSSR count). The molecule has 0 radical (unpaired) electrons. The van der Waals surface area contributed by atoms with E-state index in [2.05, 4.69) is 0 Å². The summed E-state index contributed by atoms with van der Waals surface area (Å²) in [4.78, 5) is 20.5. The molecule has 0 heterocycles. The first-order valence-electron chi connectivity index (χ1n) is 2.79. The van der Waals surface area contributed by atoms with Gasteiger partial charge >= 0.3 is 5.97 Å². The van der Waals surface area contributed by atoms with Crippen molar-refractivity contribution in [3.63, 3.8) is 0 Å². The van der Waals surface area contributed by atoms with Crippen LogP contribution in [0.1, 0.15) is 12.5 Å². The average molecular weight is 138 g/mol. The zero-order valence-electron chi connectivity index (χ0n) is 5.42. The van der Waals surface area contributed by atoms with Crippen molar-refractivity contribution in [2.45, 2.75) is 6.92 Å². The van der Waals surface area contributed by atoms with E-state index in [1.807, 2.05) is 0 Å². The minimum Gasteiger partial charge on any atom is -0.478 e. The summed E-state index contributed by atoms with van der Waals surface area (Å²) in [5.41, 5.74) is 0.623. The molecular weight excluding hydrogens is 132 g/mol. The molecular formula is C7H6O3. The summed E-state index contributed by atoms with van der Waals surface area (Å²) in [5, 5.41) is 8.34. The highest BCUT2D eigenvalue weighted by Gasteiger charge is 2.07. The van der Waals surface area contributed by atoms with Crippen LogP contribution in [0.5, 0.6) is 0 Å². The smallest absolute Gasteiger partial charge is 0.331 e. The van der Waals surface area contributed by atoms with Crippen molar-refractivity contribution in [2.24, 2.45) is 0 Å². The summed E-state index contributed by atoms with van der Waals surface area (Å²) >= 11 is 0. The summed E-state index contributed by atoms with van der Waals surface area (Å²) in [6.07, 6.45) is 1.37. The lowest BCUT2D eigenvalue weighted by Gasteiger charge is -1.85. The van der Waals surface area contributed by atoms with E-state index in [1.165, 1.54) is 19.1 Å². The van der Waals surface area contributed by atoms with E-state index >= 15 is 0 Å². The topological polar surface area (TPSA) is 54.4 Å². The third-order valence-electron chi connectivity index (χ3n) is 1.20. The maximum atomic E-state index is 10.3. The van der Waals surface area contributed by atoms with E-state index in [9.17, 15) is 9.59 Å². The van der Waals surface area contributed by atoms with E-state index in [0.29, 0.717) is 5.56 Å². The van der Waals surface area contributed by atoms with Crippen LogP contribution < -0.4 is 5.43 Å². The van der Waals surface area contributed by atoms with Gasteiger partial charge in [-0.3, -0.25) is 4.79 Å². The first-order valence-corrected chi connectivity index (χ1v) is 2.79. The second-order valence-electron chi connectivity index (χ2n) is 2.10. The third-order valence-corrected chi connectivity index (χ3v) is 1.20. The Labute approximate surface area is 57.3 Å². The Morgan fingerprint density at radius 1 is 1.70 bits per heavy atom. The molecule has 0 aromatic heterocycles. The maximum Gasteiger partial charge on any atom is 0.331 e. The second kappa shape index (κ2) is 2.10. The Balaban J connectivity index is 2.75. The van der Waals surface area contributed by atoms with Gasteiger partial charge in [-0.1, -0.05) is 0 Å². The predicted octanol–water partition coefficient (Wildman–Crippen LogP) is 0.410. The Hall–Kier alpha value is -1.38. The molecule has 52 valence electrons. The first-order chi connectivity index (χ1) is 4.61. The Morgan fingerprint density at radius 3 is 2.50 bits per heavy atom. The molecule has 0 aliphatic rings. The minimum absolute atomic E-state index is 0.0689. The van der Waals surface area contributed by atoms with E-state index in [-0.39, 0.29) is 11.0 Å². The monoisotopic (exact) mass is 138 g/mol. The lowest BCUT2D eigenvalue weighted by molar-refractivity contribution is -0.132. The van der Waals surface area contributed by atoms with Crippen molar-refractivity contribution >= 4 is 12.0 Å². The molecule has 0 aliphatic heterocycles. The van der Waals surface area contributed by atoms with Gasteiger partial charge in [0, 0.05) is 11.1 Å². The van der Waals surface area contributed by atoms with Gasteiger partial charge in [0.1, 0.15) is 0 Å². The maximum absolute atomic E-state index is 10.3. The molecule has 0 saturated carbocycles. The van der Waals surface area contributed by atoms with Crippen molar-refractivity contribution in [1.29, 1.82) is 0 Å². The molecule has 0 spiro atoms. The standard InChI is InChI=1S/C7H6O3/c1-4(7(9)10)2-5-3-6(5)8/h2-3H,1H3,(H,9,10). The van der Waals surface area contributed by atoms with Gasteiger partial charge in [-0.05, 0) is 19.1 Å². The summed E-state index contributed by atoms with van der Waals surface area (Å²) in [7, 11) is 0. The average Bonchev–Trinajstić information content (AvgIpc) is 2.46. The van der Waals surface area contributed by atoms with Crippen LogP contribution >= 0.6 is 0 Å². The normalized spacial score (nSPS) is 12.3. The van der Waals surface area contributed by atoms with Crippen LogP contribution in [0.4, 0.5) is 0 Å². The number of hydrogen-bond donors (Lipinski definition) is 1. The molecule has 10 heavy (non-hydrogen) atoms. The van der Waals surface area contributed by atoms with Crippen LogP contribution in [0, 0.1) is 0 Å². The van der Waals surface area contributed by atoms with Gasteiger partial charge in [-0.15, -0.1) is 0 Å². The molecule has 3 heteroatoms. The fourth-order valence-corrected chi connectivity index (χ4v) is 0.513. The molecule has 0 fully saturated rings. The highest BCUT2D eigenvalue weighted by Crippen LogP contribution is 2.03. The number of rotatable bonds is 2.